The Morgan fingerprint density at radius 1 is 1.05 bits per heavy atom. The van der Waals surface area contributed by atoms with Crippen LogP contribution in [0.3, 0.4) is 0 Å². The standard InChI is InChI=1S/C15H12BrFN2O2/c1-18-14(20)9-2-5-11(6-3-9)19-15(21)12-7-4-10(16)8-13(12)17/h2-8H,1H3,(H,18,20)(H,19,21). The topological polar surface area (TPSA) is 58.2 Å². The van der Waals surface area contributed by atoms with E-state index in [0.717, 1.165) is 0 Å². The Morgan fingerprint density at radius 3 is 2.29 bits per heavy atom. The molecule has 0 fully saturated rings. The van der Waals surface area contributed by atoms with Crippen LogP contribution in [-0.2, 0) is 0 Å². The predicted molar refractivity (Wildman–Crippen MR) is 81.9 cm³/mol. The Bertz CT molecular complexity index is 687. The fourth-order valence-electron chi connectivity index (χ4n) is 1.72. The SMILES string of the molecule is CNC(=O)c1ccc(NC(=O)c2ccc(Br)cc2F)cc1. The second-order valence-corrected chi connectivity index (χ2v) is 5.15. The third kappa shape index (κ3) is 3.66. The molecule has 0 heterocycles. The highest BCUT2D eigenvalue weighted by molar-refractivity contribution is 9.10. The number of anilines is 1. The van der Waals surface area contributed by atoms with E-state index in [1.807, 2.05) is 0 Å². The van der Waals surface area contributed by atoms with Crippen LogP contribution in [0, 0.1) is 5.82 Å². The van der Waals surface area contributed by atoms with Crippen LogP contribution in [0.15, 0.2) is 46.9 Å². The van der Waals surface area contributed by atoms with Gasteiger partial charge in [0.2, 0.25) is 0 Å². The summed E-state index contributed by atoms with van der Waals surface area (Å²) in [5, 5.41) is 5.08. The molecule has 6 heteroatoms. The number of carbonyl (C=O) groups excluding carboxylic acids is 2. The predicted octanol–water partition coefficient (Wildman–Crippen LogP) is 3.20. The maximum Gasteiger partial charge on any atom is 0.258 e. The van der Waals surface area contributed by atoms with Gasteiger partial charge in [-0.15, -0.1) is 0 Å². The van der Waals surface area contributed by atoms with E-state index in [9.17, 15) is 14.0 Å². The van der Waals surface area contributed by atoms with E-state index < -0.39 is 11.7 Å². The van der Waals surface area contributed by atoms with Crippen LogP contribution in [-0.4, -0.2) is 18.9 Å². The molecule has 108 valence electrons. The molecule has 0 aromatic heterocycles. The zero-order valence-corrected chi connectivity index (χ0v) is 12.7. The summed E-state index contributed by atoms with van der Waals surface area (Å²) in [6.45, 7) is 0. The molecule has 4 nitrogen and oxygen atoms in total. The van der Waals surface area contributed by atoms with E-state index >= 15 is 0 Å². The van der Waals surface area contributed by atoms with Gasteiger partial charge in [-0.25, -0.2) is 4.39 Å². The van der Waals surface area contributed by atoms with Crippen molar-refractivity contribution in [2.75, 3.05) is 12.4 Å². The number of benzene rings is 2. The van der Waals surface area contributed by atoms with Crippen molar-refractivity contribution in [1.29, 1.82) is 0 Å². The van der Waals surface area contributed by atoms with Crippen LogP contribution >= 0.6 is 15.9 Å². The lowest BCUT2D eigenvalue weighted by molar-refractivity contribution is 0.0962. The summed E-state index contributed by atoms with van der Waals surface area (Å²) >= 11 is 3.13. The van der Waals surface area contributed by atoms with Gasteiger partial charge in [-0.05, 0) is 42.5 Å². The van der Waals surface area contributed by atoms with E-state index in [-0.39, 0.29) is 11.5 Å². The quantitative estimate of drug-likeness (QED) is 0.892. The highest BCUT2D eigenvalue weighted by atomic mass is 79.9. The van der Waals surface area contributed by atoms with Gasteiger partial charge in [0.05, 0.1) is 5.56 Å². The first kappa shape index (κ1) is 15.2. The Balaban J connectivity index is 2.14. The average molecular weight is 351 g/mol. The second kappa shape index (κ2) is 6.49. The van der Waals surface area contributed by atoms with Crippen molar-refractivity contribution in [2.45, 2.75) is 0 Å². The van der Waals surface area contributed by atoms with Crippen LogP contribution < -0.4 is 10.6 Å². The van der Waals surface area contributed by atoms with E-state index in [1.54, 1.807) is 30.3 Å². The van der Waals surface area contributed by atoms with Gasteiger partial charge in [-0.2, -0.15) is 0 Å². The Hall–Kier alpha value is -2.21. The molecule has 0 radical (unpaired) electrons. The smallest absolute Gasteiger partial charge is 0.258 e. The molecular weight excluding hydrogens is 339 g/mol. The van der Waals surface area contributed by atoms with Crippen molar-refractivity contribution in [3.05, 3.63) is 63.9 Å². The van der Waals surface area contributed by atoms with Crippen molar-refractivity contribution >= 4 is 33.4 Å². The molecule has 0 saturated heterocycles. The third-order valence-electron chi connectivity index (χ3n) is 2.81. The number of amides is 2. The van der Waals surface area contributed by atoms with E-state index in [4.69, 9.17) is 0 Å². The molecular formula is C15H12BrFN2O2. The van der Waals surface area contributed by atoms with Gasteiger partial charge in [0.25, 0.3) is 11.8 Å². The van der Waals surface area contributed by atoms with Crippen LogP contribution in [0.1, 0.15) is 20.7 Å². The maximum absolute atomic E-state index is 13.7. The summed E-state index contributed by atoms with van der Waals surface area (Å²) in [5.74, 6) is -1.37. The van der Waals surface area contributed by atoms with Gasteiger partial charge in [0, 0.05) is 22.8 Å². The monoisotopic (exact) mass is 350 g/mol. The first-order valence-corrected chi connectivity index (χ1v) is 6.89. The van der Waals surface area contributed by atoms with Crippen LogP contribution in [0.5, 0.6) is 0 Å². The average Bonchev–Trinajstić information content (AvgIpc) is 2.47. The normalized spacial score (nSPS) is 10.0. The zero-order chi connectivity index (χ0) is 15.4. The van der Waals surface area contributed by atoms with Crippen molar-refractivity contribution in [2.24, 2.45) is 0 Å². The van der Waals surface area contributed by atoms with Crippen molar-refractivity contribution in [3.8, 4) is 0 Å². The summed E-state index contributed by atoms with van der Waals surface area (Å²) < 4.78 is 14.2. The molecule has 0 saturated carbocycles. The van der Waals surface area contributed by atoms with Gasteiger partial charge in [-0.3, -0.25) is 9.59 Å². The molecule has 0 unspecified atom stereocenters. The number of halogens is 2. The Labute approximate surface area is 129 Å². The van der Waals surface area contributed by atoms with Gasteiger partial charge in [-0.1, -0.05) is 15.9 Å². The third-order valence-corrected chi connectivity index (χ3v) is 3.30. The lowest BCUT2D eigenvalue weighted by atomic mass is 10.1. The van der Waals surface area contributed by atoms with Crippen LogP contribution in [0.2, 0.25) is 0 Å². The molecule has 0 atom stereocenters. The summed E-state index contributed by atoms with van der Waals surface area (Å²) in [5.41, 5.74) is 0.911. The lowest BCUT2D eigenvalue weighted by Gasteiger charge is -2.07. The van der Waals surface area contributed by atoms with Crippen LogP contribution in [0.25, 0.3) is 0 Å². The molecule has 21 heavy (non-hydrogen) atoms. The largest absolute Gasteiger partial charge is 0.355 e. The first-order chi connectivity index (χ1) is 10.0. The molecule has 0 bridgehead atoms. The number of carbonyl (C=O) groups is 2. The second-order valence-electron chi connectivity index (χ2n) is 4.23. The van der Waals surface area contributed by atoms with E-state index in [1.165, 1.54) is 19.2 Å². The molecule has 0 aliphatic heterocycles. The molecule has 2 aromatic rings. The maximum atomic E-state index is 13.7. The molecule has 0 aliphatic carbocycles. The van der Waals surface area contributed by atoms with Crippen molar-refractivity contribution in [3.63, 3.8) is 0 Å². The van der Waals surface area contributed by atoms with Crippen LogP contribution in [0.4, 0.5) is 10.1 Å². The lowest BCUT2D eigenvalue weighted by Crippen LogP contribution is -2.18. The first-order valence-electron chi connectivity index (χ1n) is 6.10. The van der Waals surface area contributed by atoms with Gasteiger partial charge >= 0.3 is 0 Å². The molecule has 2 aromatic carbocycles. The number of hydrogen-bond acceptors (Lipinski definition) is 2. The minimum atomic E-state index is -0.608. The molecule has 2 N–H and O–H groups in total. The number of rotatable bonds is 3. The zero-order valence-electron chi connectivity index (χ0n) is 11.1. The molecule has 0 spiro atoms. The van der Waals surface area contributed by atoms with Gasteiger partial charge in [0.1, 0.15) is 5.82 Å². The Kier molecular flexibility index (Phi) is 4.70. The minimum absolute atomic E-state index is 0.0476. The van der Waals surface area contributed by atoms with E-state index in [2.05, 4.69) is 26.6 Å². The highest BCUT2D eigenvalue weighted by Gasteiger charge is 2.12. The van der Waals surface area contributed by atoms with E-state index in [0.29, 0.717) is 15.7 Å². The molecule has 2 amide bonds. The van der Waals surface area contributed by atoms with Crippen molar-refractivity contribution in [1.82, 2.24) is 5.32 Å². The number of nitrogens with one attached hydrogen (secondary N) is 2. The highest BCUT2D eigenvalue weighted by Crippen LogP contribution is 2.17. The van der Waals surface area contributed by atoms with Gasteiger partial charge < -0.3 is 10.6 Å². The summed E-state index contributed by atoms with van der Waals surface area (Å²) in [6.07, 6.45) is 0. The minimum Gasteiger partial charge on any atom is -0.355 e. The molecule has 0 aliphatic rings. The summed E-state index contributed by atoms with van der Waals surface area (Å²) in [4.78, 5) is 23.4. The summed E-state index contributed by atoms with van der Waals surface area (Å²) in [7, 11) is 1.54. The Morgan fingerprint density at radius 2 is 1.71 bits per heavy atom. The van der Waals surface area contributed by atoms with Gasteiger partial charge in [0.15, 0.2) is 0 Å². The summed E-state index contributed by atoms with van der Waals surface area (Å²) in [6, 6.07) is 10.5. The number of hydrogen-bond donors (Lipinski definition) is 2. The van der Waals surface area contributed by atoms with Crippen molar-refractivity contribution < 1.29 is 14.0 Å². The molecule has 2 rings (SSSR count). The fourth-order valence-corrected chi connectivity index (χ4v) is 2.05. The fraction of sp³-hybridized carbons (Fsp3) is 0.0667.